The van der Waals surface area contributed by atoms with E-state index in [0.717, 1.165) is 16.3 Å². The number of aryl methyl sites for hydroxylation is 2. The van der Waals surface area contributed by atoms with Gasteiger partial charge in [0.2, 0.25) is 10.0 Å². The van der Waals surface area contributed by atoms with Crippen LogP contribution < -0.4 is 5.32 Å². The molecule has 0 aliphatic rings. The quantitative estimate of drug-likeness (QED) is 0.716. The molecule has 7 nitrogen and oxygen atoms in total. The second kappa shape index (κ2) is 8.99. The first kappa shape index (κ1) is 21.6. The van der Waals surface area contributed by atoms with Crippen molar-refractivity contribution in [3.8, 4) is 0 Å². The standard InChI is InChI=1S/C20H24N2O5S/c1-5-15-7-9-16(10-8-15)20(24)27-13-19(23)21-18-12-17(11-6-14(18)2)28(25,26)22(3)4/h6-12H,5,13H2,1-4H3,(H,21,23). The second-order valence-corrected chi connectivity index (χ2v) is 8.59. The van der Waals surface area contributed by atoms with Gasteiger partial charge in [0.15, 0.2) is 6.61 Å². The first-order valence-corrected chi connectivity index (χ1v) is 10.2. The van der Waals surface area contributed by atoms with Crippen LogP contribution in [0.3, 0.4) is 0 Å². The van der Waals surface area contributed by atoms with Gasteiger partial charge in [-0.2, -0.15) is 0 Å². The number of esters is 1. The number of amides is 1. The lowest BCUT2D eigenvalue weighted by atomic mass is 10.1. The minimum absolute atomic E-state index is 0.0615. The molecule has 0 aliphatic heterocycles. The van der Waals surface area contributed by atoms with E-state index in [2.05, 4.69) is 5.32 Å². The van der Waals surface area contributed by atoms with Crippen molar-refractivity contribution in [2.75, 3.05) is 26.0 Å². The largest absolute Gasteiger partial charge is 0.452 e. The van der Waals surface area contributed by atoms with Crippen LogP contribution in [0.2, 0.25) is 0 Å². The monoisotopic (exact) mass is 404 g/mol. The fraction of sp³-hybridized carbons (Fsp3) is 0.300. The second-order valence-electron chi connectivity index (χ2n) is 6.44. The van der Waals surface area contributed by atoms with E-state index in [-0.39, 0.29) is 4.90 Å². The van der Waals surface area contributed by atoms with Crippen molar-refractivity contribution < 1.29 is 22.7 Å². The summed E-state index contributed by atoms with van der Waals surface area (Å²) < 4.78 is 30.6. The van der Waals surface area contributed by atoms with Crippen LogP contribution in [0.25, 0.3) is 0 Å². The Labute approximate surface area is 165 Å². The van der Waals surface area contributed by atoms with Gasteiger partial charge in [0.1, 0.15) is 0 Å². The van der Waals surface area contributed by atoms with Gasteiger partial charge in [-0.05, 0) is 48.7 Å². The van der Waals surface area contributed by atoms with E-state index in [0.29, 0.717) is 16.8 Å². The summed E-state index contributed by atoms with van der Waals surface area (Å²) in [5.41, 5.74) is 2.49. The van der Waals surface area contributed by atoms with Crippen LogP contribution >= 0.6 is 0 Å². The van der Waals surface area contributed by atoms with Crippen LogP contribution in [0, 0.1) is 6.92 Å². The van der Waals surface area contributed by atoms with Crippen LogP contribution in [0.15, 0.2) is 47.4 Å². The van der Waals surface area contributed by atoms with Crippen LogP contribution in [0.1, 0.15) is 28.4 Å². The lowest BCUT2D eigenvalue weighted by Gasteiger charge is -2.14. The Morgan fingerprint density at radius 1 is 1.07 bits per heavy atom. The third-order valence-electron chi connectivity index (χ3n) is 4.19. The summed E-state index contributed by atoms with van der Waals surface area (Å²) in [6.07, 6.45) is 0.861. The molecular formula is C20H24N2O5S. The van der Waals surface area contributed by atoms with Crippen molar-refractivity contribution >= 4 is 27.6 Å². The average molecular weight is 404 g/mol. The first-order valence-electron chi connectivity index (χ1n) is 8.74. The smallest absolute Gasteiger partial charge is 0.338 e. The lowest BCUT2D eigenvalue weighted by Crippen LogP contribution is -2.23. The number of benzene rings is 2. The molecule has 0 saturated heterocycles. The average Bonchev–Trinajstić information content (AvgIpc) is 2.67. The molecule has 0 radical (unpaired) electrons. The number of nitrogens with zero attached hydrogens (tertiary/aromatic N) is 1. The maximum atomic E-state index is 12.2. The molecule has 2 rings (SSSR count). The third kappa shape index (κ3) is 5.17. The fourth-order valence-corrected chi connectivity index (χ4v) is 3.31. The minimum Gasteiger partial charge on any atom is -0.452 e. The molecule has 0 aliphatic carbocycles. The van der Waals surface area contributed by atoms with Crippen molar-refractivity contribution in [2.24, 2.45) is 0 Å². The molecule has 0 bridgehead atoms. The number of hydrogen-bond acceptors (Lipinski definition) is 5. The van der Waals surface area contributed by atoms with Crippen molar-refractivity contribution in [2.45, 2.75) is 25.2 Å². The van der Waals surface area contributed by atoms with Crippen LogP contribution in [-0.4, -0.2) is 45.3 Å². The number of rotatable bonds is 7. The Morgan fingerprint density at radius 2 is 1.71 bits per heavy atom. The van der Waals surface area contributed by atoms with Crippen molar-refractivity contribution in [1.29, 1.82) is 0 Å². The summed E-state index contributed by atoms with van der Waals surface area (Å²) in [7, 11) is -0.762. The molecule has 2 aromatic carbocycles. The summed E-state index contributed by atoms with van der Waals surface area (Å²) in [5.74, 6) is -1.15. The first-order chi connectivity index (χ1) is 13.1. The number of hydrogen-bond donors (Lipinski definition) is 1. The van der Waals surface area contributed by atoms with E-state index in [1.807, 2.05) is 19.1 Å². The number of ether oxygens (including phenoxy) is 1. The van der Waals surface area contributed by atoms with Crippen molar-refractivity contribution in [3.05, 3.63) is 59.2 Å². The zero-order valence-corrected chi connectivity index (χ0v) is 17.2. The van der Waals surface area contributed by atoms with E-state index < -0.39 is 28.5 Å². The molecular weight excluding hydrogens is 380 g/mol. The van der Waals surface area contributed by atoms with Gasteiger partial charge >= 0.3 is 5.97 Å². The van der Waals surface area contributed by atoms with E-state index in [9.17, 15) is 18.0 Å². The van der Waals surface area contributed by atoms with E-state index in [1.165, 1.54) is 26.2 Å². The number of sulfonamides is 1. The van der Waals surface area contributed by atoms with Crippen molar-refractivity contribution in [3.63, 3.8) is 0 Å². The molecule has 0 aromatic heterocycles. The Morgan fingerprint density at radius 3 is 2.29 bits per heavy atom. The SMILES string of the molecule is CCc1ccc(C(=O)OCC(=O)Nc2cc(S(=O)(=O)N(C)C)ccc2C)cc1. The highest BCUT2D eigenvalue weighted by Crippen LogP contribution is 2.22. The number of carbonyl (C=O) groups is 2. The van der Waals surface area contributed by atoms with Gasteiger partial charge in [-0.15, -0.1) is 0 Å². The molecule has 28 heavy (non-hydrogen) atoms. The summed E-state index contributed by atoms with van der Waals surface area (Å²) in [4.78, 5) is 24.3. The molecule has 150 valence electrons. The molecule has 0 spiro atoms. The summed E-state index contributed by atoms with van der Waals surface area (Å²) >= 11 is 0. The fourth-order valence-electron chi connectivity index (χ4n) is 2.38. The third-order valence-corrected chi connectivity index (χ3v) is 6.01. The number of carbonyl (C=O) groups excluding carboxylic acids is 2. The molecule has 0 atom stereocenters. The lowest BCUT2D eigenvalue weighted by molar-refractivity contribution is -0.119. The van der Waals surface area contributed by atoms with Gasteiger partial charge in [-0.1, -0.05) is 25.1 Å². The van der Waals surface area contributed by atoms with E-state index in [4.69, 9.17) is 4.74 Å². The van der Waals surface area contributed by atoms with Gasteiger partial charge in [0.25, 0.3) is 5.91 Å². The van der Waals surface area contributed by atoms with E-state index >= 15 is 0 Å². The van der Waals surface area contributed by atoms with Gasteiger partial charge < -0.3 is 10.1 Å². The molecule has 1 N–H and O–H groups in total. The molecule has 1 amide bonds. The Balaban J connectivity index is 2.03. The Kier molecular flexibility index (Phi) is 6.93. The zero-order valence-electron chi connectivity index (χ0n) is 16.4. The topological polar surface area (TPSA) is 92.8 Å². The number of anilines is 1. The highest BCUT2D eigenvalue weighted by atomic mass is 32.2. The minimum atomic E-state index is -3.62. The number of nitrogens with one attached hydrogen (secondary N) is 1. The maximum Gasteiger partial charge on any atom is 0.338 e. The molecule has 0 heterocycles. The van der Waals surface area contributed by atoms with Gasteiger partial charge in [0, 0.05) is 19.8 Å². The molecule has 2 aromatic rings. The predicted octanol–water partition coefficient (Wildman–Crippen LogP) is 2.60. The normalized spacial score (nSPS) is 11.3. The van der Waals surface area contributed by atoms with Gasteiger partial charge in [-0.3, -0.25) is 4.79 Å². The van der Waals surface area contributed by atoms with Crippen LogP contribution in [0.5, 0.6) is 0 Å². The Hall–Kier alpha value is -2.71. The predicted molar refractivity (Wildman–Crippen MR) is 107 cm³/mol. The van der Waals surface area contributed by atoms with Crippen molar-refractivity contribution in [1.82, 2.24) is 4.31 Å². The molecule has 0 unspecified atom stereocenters. The summed E-state index contributed by atoms with van der Waals surface area (Å²) in [6, 6.07) is 11.4. The summed E-state index contributed by atoms with van der Waals surface area (Å²) in [5, 5.41) is 2.59. The van der Waals surface area contributed by atoms with E-state index in [1.54, 1.807) is 25.1 Å². The highest BCUT2D eigenvalue weighted by molar-refractivity contribution is 7.89. The molecule has 8 heteroatoms. The maximum absolute atomic E-state index is 12.2. The van der Waals surface area contributed by atoms with Crippen LogP contribution in [0.4, 0.5) is 5.69 Å². The van der Waals surface area contributed by atoms with Gasteiger partial charge in [-0.25, -0.2) is 17.5 Å². The highest BCUT2D eigenvalue weighted by Gasteiger charge is 2.19. The zero-order chi connectivity index (χ0) is 20.9. The van der Waals surface area contributed by atoms with Crippen LogP contribution in [-0.2, 0) is 26.0 Å². The van der Waals surface area contributed by atoms with Gasteiger partial charge in [0.05, 0.1) is 10.5 Å². The Bertz CT molecular complexity index is 967. The summed E-state index contributed by atoms with van der Waals surface area (Å²) in [6.45, 7) is 3.28. The molecule has 0 saturated carbocycles. The molecule has 0 fully saturated rings.